The van der Waals surface area contributed by atoms with Crippen LogP contribution >= 0.6 is 11.6 Å². The predicted molar refractivity (Wildman–Crippen MR) is 108 cm³/mol. The van der Waals surface area contributed by atoms with Gasteiger partial charge in [0.1, 0.15) is 5.82 Å². The average Bonchev–Trinajstić information content (AvgIpc) is 2.72. The number of hydrogen-bond donors (Lipinski definition) is 1. The van der Waals surface area contributed by atoms with Crippen molar-refractivity contribution in [3.05, 3.63) is 101 Å². The number of halogens is 2. The lowest BCUT2D eigenvalue weighted by molar-refractivity contribution is 0.0943. The standard InChI is InChI=1S/C22H18ClFN2O2/c23-20-9-5-4-8-19(20)21(27)25-14-15-26(18-12-10-17(24)11-13-18)22(28)16-6-2-1-3-7-16/h1-13H,14-15H2,(H,25,27). The molecule has 0 heterocycles. The molecule has 0 saturated carbocycles. The Kier molecular flexibility index (Phi) is 6.40. The molecule has 0 atom stereocenters. The van der Waals surface area contributed by atoms with Gasteiger partial charge < -0.3 is 10.2 Å². The van der Waals surface area contributed by atoms with Crippen molar-refractivity contribution in [2.24, 2.45) is 0 Å². The van der Waals surface area contributed by atoms with Gasteiger partial charge >= 0.3 is 0 Å². The van der Waals surface area contributed by atoms with Crippen LogP contribution in [0.4, 0.5) is 10.1 Å². The van der Waals surface area contributed by atoms with E-state index in [0.29, 0.717) is 21.8 Å². The highest BCUT2D eigenvalue weighted by Gasteiger charge is 2.18. The molecule has 0 aliphatic heterocycles. The molecule has 0 fully saturated rings. The number of anilines is 1. The van der Waals surface area contributed by atoms with Crippen LogP contribution in [0.3, 0.4) is 0 Å². The molecular weight excluding hydrogens is 379 g/mol. The number of nitrogens with zero attached hydrogens (tertiary/aromatic N) is 1. The zero-order valence-electron chi connectivity index (χ0n) is 14.9. The Morgan fingerprint density at radius 2 is 1.54 bits per heavy atom. The summed E-state index contributed by atoms with van der Waals surface area (Å²) in [7, 11) is 0. The number of rotatable bonds is 6. The van der Waals surface area contributed by atoms with Crippen LogP contribution in [0.15, 0.2) is 78.9 Å². The minimum absolute atomic E-state index is 0.208. The molecule has 2 amide bonds. The van der Waals surface area contributed by atoms with Crippen molar-refractivity contribution in [1.82, 2.24) is 5.32 Å². The molecular formula is C22H18ClFN2O2. The number of carbonyl (C=O) groups is 2. The van der Waals surface area contributed by atoms with E-state index in [1.54, 1.807) is 48.5 Å². The van der Waals surface area contributed by atoms with E-state index in [2.05, 4.69) is 5.32 Å². The summed E-state index contributed by atoms with van der Waals surface area (Å²) < 4.78 is 13.3. The van der Waals surface area contributed by atoms with Crippen LogP contribution in [-0.4, -0.2) is 24.9 Å². The number of nitrogens with one attached hydrogen (secondary N) is 1. The Bertz CT molecular complexity index is 962. The maximum Gasteiger partial charge on any atom is 0.258 e. The summed E-state index contributed by atoms with van der Waals surface area (Å²) in [6, 6.07) is 21.2. The van der Waals surface area contributed by atoms with Gasteiger partial charge in [0.05, 0.1) is 10.6 Å². The molecule has 0 radical (unpaired) electrons. The third kappa shape index (κ3) is 4.75. The molecule has 28 heavy (non-hydrogen) atoms. The second kappa shape index (κ2) is 9.15. The lowest BCUT2D eigenvalue weighted by atomic mass is 10.1. The van der Waals surface area contributed by atoms with Crippen molar-refractivity contribution in [3.63, 3.8) is 0 Å². The van der Waals surface area contributed by atoms with E-state index in [4.69, 9.17) is 11.6 Å². The minimum Gasteiger partial charge on any atom is -0.350 e. The van der Waals surface area contributed by atoms with Crippen molar-refractivity contribution in [1.29, 1.82) is 0 Å². The molecule has 0 unspecified atom stereocenters. The highest BCUT2D eigenvalue weighted by atomic mass is 35.5. The van der Waals surface area contributed by atoms with E-state index < -0.39 is 0 Å². The first-order valence-electron chi connectivity index (χ1n) is 8.71. The van der Waals surface area contributed by atoms with Crippen molar-refractivity contribution in [2.75, 3.05) is 18.0 Å². The van der Waals surface area contributed by atoms with E-state index in [0.717, 1.165) is 0 Å². The fourth-order valence-corrected chi connectivity index (χ4v) is 2.95. The molecule has 3 rings (SSSR count). The highest BCUT2D eigenvalue weighted by Crippen LogP contribution is 2.18. The van der Waals surface area contributed by atoms with Gasteiger partial charge in [-0.1, -0.05) is 41.9 Å². The van der Waals surface area contributed by atoms with Gasteiger partial charge in [-0.15, -0.1) is 0 Å². The molecule has 4 nitrogen and oxygen atoms in total. The summed E-state index contributed by atoms with van der Waals surface area (Å²) in [4.78, 5) is 26.7. The smallest absolute Gasteiger partial charge is 0.258 e. The summed E-state index contributed by atoms with van der Waals surface area (Å²) in [5.74, 6) is -0.945. The Balaban J connectivity index is 1.74. The van der Waals surface area contributed by atoms with Crippen LogP contribution in [0.25, 0.3) is 0 Å². The first-order valence-corrected chi connectivity index (χ1v) is 9.09. The van der Waals surface area contributed by atoms with E-state index in [1.807, 2.05) is 6.07 Å². The molecule has 0 aliphatic carbocycles. The summed E-state index contributed by atoms with van der Waals surface area (Å²) in [5.41, 5.74) is 1.42. The molecule has 0 aromatic heterocycles. The predicted octanol–water partition coefficient (Wildman–Crippen LogP) is 4.56. The van der Waals surface area contributed by atoms with Crippen molar-refractivity contribution in [2.45, 2.75) is 0 Å². The van der Waals surface area contributed by atoms with Gasteiger partial charge in [-0.05, 0) is 48.5 Å². The van der Waals surface area contributed by atoms with Gasteiger partial charge in [0.2, 0.25) is 0 Å². The summed E-state index contributed by atoms with van der Waals surface area (Å²) in [6.07, 6.45) is 0. The number of carbonyl (C=O) groups excluding carboxylic acids is 2. The molecule has 6 heteroatoms. The SMILES string of the molecule is O=C(NCCN(C(=O)c1ccccc1)c1ccc(F)cc1)c1ccccc1Cl. The zero-order chi connectivity index (χ0) is 19.9. The molecule has 3 aromatic carbocycles. The van der Waals surface area contributed by atoms with Crippen LogP contribution in [-0.2, 0) is 0 Å². The van der Waals surface area contributed by atoms with E-state index in [9.17, 15) is 14.0 Å². The first-order chi connectivity index (χ1) is 13.6. The Hall–Kier alpha value is -3.18. The Labute approximate surface area is 167 Å². The van der Waals surface area contributed by atoms with Crippen LogP contribution in [0.2, 0.25) is 5.02 Å². The number of benzene rings is 3. The zero-order valence-corrected chi connectivity index (χ0v) is 15.7. The van der Waals surface area contributed by atoms with Crippen LogP contribution < -0.4 is 10.2 Å². The molecule has 0 aliphatic rings. The highest BCUT2D eigenvalue weighted by molar-refractivity contribution is 6.33. The van der Waals surface area contributed by atoms with Crippen LogP contribution in [0.1, 0.15) is 20.7 Å². The Morgan fingerprint density at radius 1 is 0.893 bits per heavy atom. The largest absolute Gasteiger partial charge is 0.350 e. The molecule has 142 valence electrons. The maximum absolute atomic E-state index is 13.3. The second-order valence-electron chi connectivity index (χ2n) is 6.03. The van der Waals surface area contributed by atoms with Crippen LogP contribution in [0.5, 0.6) is 0 Å². The second-order valence-corrected chi connectivity index (χ2v) is 6.44. The molecule has 0 spiro atoms. The third-order valence-corrected chi connectivity index (χ3v) is 4.47. The molecule has 0 bridgehead atoms. The lowest BCUT2D eigenvalue weighted by Gasteiger charge is -2.23. The van der Waals surface area contributed by atoms with Crippen molar-refractivity contribution >= 4 is 29.1 Å². The fraction of sp³-hybridized carbons (Fsp3) is 0.0909. The minimum atomic E-state index is -0.386. The van der Waals surface area contributed by atoms with Crippen LogP contribution in [0, 0.1) is 5.82 Å². The molecule has 3 aromatic rings. The van der Waals surface area contributed by atoms with Gasteiger partial charge in [0.15, 0.2) is 0 Å². The van der Waals surface area contributed by atoms with Crippen molar-refractivity contribution < 1.29 is 14.0 Å². The topological polar surface area (TPSA) is 49.4 Å². The van der Waals surface area contributed by atoms with Crippen molar-refractivity contribution in [3.8, 4) is 0 Å². The van der Waals surface area contributed by atoms with Gasteiger partial charge in [0.25, 0.3) is 11.8 Å². The summed E-state index contributed by atoms with van der Waals surface area (Å²) >= 11 is 6.04. The first kappa shape index (κ1) is 19.6. The number of hydrogen-bond acceptors (Lipinski definition) is 2. The van der Waals surface area contributed by atoms with Gasteiger partial charge in [-0.3, -0.25) is 9.59 Å². The van der Waals surface area contributed by atoms with E-state index >= 15 is 0 Å². The van der Waals surface area contributed by atoms with Gasteiger partial charge in [-0.2, -0.15) is 0 Å². The third-order valence-electron chi connectivity index (χ3n) is 4.14. The van der Waals surface area contributed by atoms with E-state index in [-0.39, 0.29) is 30.7 Å². The quantitative estimate of drug-likeness (QED) is 0.664. The van der Waals surface area contributed by atoms with Gasteiger partial charge in [-0.25, -0.2) is 4.39 Å². The summed E-state index contributed by atoms with van der Waals surface area (Å²) in [5, 5.41) is 3.12. The maximum atomic E-state index is 13.3. The normalized spacial score (nSPS) is 10.4. The fourth-order valence-electron chi connectivity index (χ4n) is 2.73. The molecule has 0 saturated heterocycles. The Morgan fingerprint density at radius 3 is 2.21 bits per heavy atom. The summed E-state index contributed by atoms with van der Waals surface area (Å²) in [6.45, 7) is 0.426. The average molecular weight is 397 g/mol. The van der Waals surface area contributed by atoms with Gasteiger partial charge in [0, 0.05) is 24.3 Å². The lowest BCUT2D eigenvalue weighted by Crippen LogP contribution is -2.38. The molecule has 1 N–H and O–H groups in total. The van der Waals surface area contributed by atoms with E-state index in [1.165, 1.54) is 29.2 Å². The monoisotopic (exact) mass is 396 g/mol. The number of amides is 2.